The molecule has 2 aliphatic rings. The Morgan fingerprint density at radius 3 is 2.72 bits per heavy atom. The SMILES string of the molecule is COC(=O)C1CC(NC(=O)c2c(C)ccn(Cc3ccc4c(c3)OCO4)c2=O)C1. The van der Waals surface area contributed by atoms with Crippen LogP contribution in [0.15, 0.2) is 35.3 Å². The van der Waals surface area contributed by atoms with E-state index in [1.54, 1.807) is 25.3 Å². The van der Waals surface area contributed by atoms with Gasteiger partial charge in [0.25, 0.3) is 11.5 Å². The molecule has 1 aromatic heterocycles. The van der Waals surface area contributed by atoms with Gasteiger partial charge < -0.3 is 24.1 Å². The summed E-state index contributed by atoms with van der Waals surface area (Å²) in [5.74, 6) is 0.449. The molecule has 1 aromatic carbocycles. The Balaban J connectivity index is 1.49. The summed E-state index contributed by atoms with van der Waals surface area (Å²) in [6.07, 6.45) is 2.72. The van der Waals surface area contributed by atoms with Gasteiger partial charge in [-0.15, -0.1) is 0 Å². The van der Waals surface area contributed by atoms with Crippen LogP contribution in [0.2, 0.25) is 0 Å². The molecule has 152 valence electrons. The molecular weight excluding hydrogens is 376 g/mol. The van der Waals surface area contributed by atoms with Gasteiger partial charge in [0, 0.05) is 12.2 Å². The highest BCUT2D eigenvalue weighted by atomic mass is 16.7. The monoisotopic (exact) mass is 398 g/mol. The summed E-state index contributed by atoms with van der Waals surface area (Å²) >= 11 is 0. The van der Waals surface area contributed by atoms with E-state index in [9.17, 15) is 14.4 Å². The third-order valence-corrected chi connectivity index (χ3v) is 5.40. The summed E-state index contributed by atoms with van der Waals surface area (Å²) in [5, 5.41) is 2.85. The predicted molar refractivity (Wildman–Crippen MR) is 103 cm³/mol. The van der Waals surface area contributed by atoms with Crippen molar-refractivity contribution in [1.29, 1.82) is 0 Å². The Morgan fingerprint density at radius 1 is 1.21 bits per heavy atom. The summed E-state index contributed by atoms with van der Waals surface area (Å²) in [4.78, 5) is 37.2. The molecule has 8 heteroatoms. The summed E-state index contributed by atoms with van der Waals surface area (Å²) in [6, 6.07) is 7.12. The number of aromatic nitrogens is 1. The first-order valence-corrected chi connectivity index (χ1v) is 9.43. The molecule has 0 spiro atoms. The number of hydrogen-bond donors (Lipinski definition) is 1. The van der Waals surface area contributed by atoms with Crippen LogP contribution in [0.1, 0.15) is 34.3 Å². The highest BCUT2D eigenvalue weighted by Gasteiger charge is 2.36. The second-order valence-electron chi connectivity index (χ2n) is 7.36. The number of nitrogens with zero attached hydrogens (tertiary/aromatic N) is 1. The molecule has 1 N–H and O–H groups in total. The van der Waals surface area contributed by atoms with Gasteiger partial charge >= 0.3 is 5.97 Å². The van der Waals surface area contributed by atoms with Crippen molar-refractivity contribution in [2.45, 2.75) is 32.4 Å². The zero-order chi connectivity index (χ0) is 20.5. The average Bonchev–Trinajstić information content (AvgIpc) is 3.14. The van der Waals surface area contributed by atoms with Crippen molar-refractivity contribution < 1.29 is 23.8 Å². The maximum atomic E-state index is 12.9. The van der Waals surface area contributed by atoms with Crippen LogP contribution in [-0.4, -0.2) is 36.4 Å². The van der Waals surface area contributed by atoms with Gasteiger partial charge in [-0.2, -0.15) is 0 Å². The van der Waals surface area contributed by atoms with Crippen LogP contribution in [0.4, 0.5) is 0 Å². The topological polar surface area (TPSA) is 95.9 Å². The zero-order valence-corrected chi connectivity index (χ0v) is 16.3. The molecule has 8 nitrogen and oxygen atoms in total. The van der Waals surface area contributed by atoms with Crippen LogP contribution in [-0.2, 0) is 16.1 Å². The molecule has 0 radical (unpaired) electrons. The maximum absolute atomic E-state index is 12.9. The Kier molecular flexibility index (Phi) is 5.00. The quantitative estimate of drug-likeness (QED) is 0.769. The van der Waals surface area contributed by atoms with E-state index in [2.05, 4.69) is 5.32 Å². The third-order valence-electron chi connectivity index (χ3n) is 5.40. The summed E-state index contributed by atoms with van der Waals surface area (Å²) in [6.45, 7) is 2.23. The molecule has 1 aliphatic carbocycles. The van der Waals surface area contributed by atoms with Crippen LogP contribution in [0, 0.1) is 12.8 Å². The zero-order valence-electron chi connectivity index (χ0n) is 16.3. The number of rotatable bonds is 5. The second kappa shape index (κ2) is 7.62. The number of carbonyl (C=O) groups excluding carboxylic acids is 2. The van der Waals surface area contributed by atoms with E-state index >= 15 is 0 Å². The van der Waals surface area contributed by atoms with Crippen molar-refractivity contribution in [3.63, 3.8) is 0 Å². The Morgan fingerprint density at radius 2 is 1.97 bits per heavy atom. The summed E-state index contributed by atoms with van der Waals surface area (Å²) in [7, 11) is 1.35. The van der Waals surface area contributed by atoms with Gasteiger partial charge in [0.1, 0.15) is 5.56 Å². The lowest BCUT2D eigenvalue weighted by Gasteiger charge is -2.33. The minimum Gasteiger partial charge on any atom is -0.469 e. The predicted octanol–water partition coefficient (Wildman–Crippen LogP) is 1.62. The van der Waals surface area contributed by atoms with Crippen LogP contribution >= 0.6 is 0 Å². The van der Waals surface area contributed by atoms with Crippen LogP contribution in [0.3, 0.4) is 0 Å². The maximum Gasteiger partial charge on any atom is 0.308 e. The number of nitrogens with one attached hydrogen (secondary N) is 1. The Bertz CT molecular complexity index is 1020. The molecule has 0 unspecified atom stereocenters. The molecule has 2 aromatic rings. The first-order chi connectivity index (χ1) is 14.0. The Labute approximate surface area is 167 Å². The summed E-state index contributed by atoms with van der Waals surface area (Å²) in [5.41, 5.74) is 1.24. The fraction of sp³-hybridized carbons (Fsp3) is 0.381. The van der Waals surface area contributed by atoms with Gasteiger partial charge in [-0.25, -0.2) is 0 Å². The number of ether oxygens (including phenoxy) is 3. The van der Waals surface area contributed by atoms with E-state index in [0.29, 0.717) is 36.4 Å². The van der Waals surface area contributed by atoms with Crippen molar-refractivity contribution >= 4 is 11.9 Å². The van der Waals surface area contributed by atoms with Crippen molar-refractivity contribution in [3.05, 3.63) is 57.5 Å². The van der Waals surface area contributed by atoms with E-state index in [-0.39, 0.29) is 35.8 Å². The van der Waals surface area contributed by atoms with E-state index < -0.39 is 5.91 Å². The highest BCUT2D eigenvalue weighted by Crippen LogP contribution is 2.32. The van der Waals surface area contributed by atoms with Gasteiger partial charge in [-0.3, -0.25) is 14.4 Å². The van der Waals surface area contributed by atoms with Crippen molar-refractivity contribution in [3.8, 4) is 11.5 Å². The number of fused-ring (bicyclic) bond motifs is 1. The number of methoxy groups -OCH3 is 1. The third kappa shape index (κ3) is 3.70. The van der Waals surface area contributed by atoms with Crippen molar-refractivity contribution in [1.82, 2.24) is 9.88 Å². The van der Waals surface area contributed by atoms with Gasteiger partial charge in [-0.05, 0) is 49.1 Å². The average molecular weight is 398 g/mol. The lowest BCUT2D eigenvalue weighted by Crippen LogP contribution is -2.48. The molecule has 0 saturated heterocycles. The van der Waals surface area contributed by atoms with Crippen molar-refractivity contribution in [2.24, 2.45) is 5.92 Å². The molecule has 0 bridgehead atoms. The molecular formula is C21H22N2O6. The van der Waals surface area contributed by atoms with Gasteiger partial charge in [0.2, 0.25) is 6.79 Å². The first kappa shape index (κ1) is 19.0. The molecule has 2 heterocycles. The second-order valence-corrected chi connectivity index (χ2v) is 7.36. The number of amides is 1. The lowest BCUT2D eigenvalue weighted by molar-refractivity contribution is -0.149. The van der Waals surface area contributed by atoms with Crippen LogP contribution in [0.5, 0.6) is 11.5 Å². The minimum absolute atomic E-state index is 0.120. The smallest absolute Gasteiger partial charge is 0.308 e. The largest absolute Gasteiger partial charge is 0.469 e. The highest BCUT2D eigenvalue weighted by molar-refractivity contribution is 5.95. The molecule has 4 rings (SSSR count). The molecule has 29 heavy (non-hydrogen) atoms. The van der Waals surface area contributed by atoms with E-state index in [4.69, 9.17) is 14.2 Å². The molecule has 1 fully saturated rings. The van der Waals surface area contributed by atoms with Crippen molar-refractivity contribution in [2.75, 3.05) is 13.9 Å². The van der Waals surface area contributed by atoms with E-state index in [0.717, 1.165) is 5.56 Å². The van der Waals surface area contributed by atoms with Crippen LogP contribution in [0.25, 0.3) is 0 Å². The molecule has 1 aliphatic heterocycles. The fourth-order valence-corrected chi connectivity index (χ4v) is 3.65. The number of benzene rings is 1. The molecule has 1 saturated carbocycles. The molecule has 0 atom stereocenters. The van der Waals surface area contributed by atoms with Crippen LogP contribution < -0.4 is 20.3 Å². The number of carbonyl (C=O) groups is 2. The van der Waals surface area contributed by atoms with E-state index in [1.165, 1.54) is 11.7 Å². The molecule has 1 amide bonds. The van der Waals surface area contributed by atoms with Gasteiger partial charge in [-0.1, -0.05) is 6.07 Å². The standard InChI is InChI=1S/C21H22N2O6/c1-12-5-6-23(10-13-3-4-16-17(7-13)29-11-28-16)20(25)18(12)19(24)22-15-8-14(9-15)21(26)27-2/h3-7,14-15H,8-11H2,1-2H3,(H,22,24). The fourth-order valence-electron chi connectivity index (χ4n) is 3.65. The van der Waals surface area contributed by atoms with Gasteiger partial charge in [0.05, 0.1) is 19.6 Å². The van der Waals surface area contributed by atoms with E-state index in [1.807, 2.05) is 12.1 Å². The van der Waals surface area contributed by atoms with Gasteiger partial charge in [0.15, 0.2) is 11.5 Å². The normalized spacial score (nSPS) is 19.4. The number of aryl methyl sites for hydroxylation is 1. The minimum atomic E-state index is -0.416. The number of hydrogen-bond acceptors (Lipinski definition) is 6. The first-order valence-electron chi connectivity index (χ1n) is 9.43. The number of pyridine rings is 1. The lowest BCUT2D eigenvalue weighted by atomic mass is 9.80. The Hall–Kier alpha value is -3.29. The number of esters is 1. The summed E-state index contributed by atoms with van der Waals surface area (Å²) < 4.78 is 16.9.